The summed E-state index contributed by atoms with van der Waals surface area (Å²) in [6, 6.07) is 0. The number of aromatic nitrogens is 2. The second-order valence-electron chi connectivity index (χ2n) is 2.30. The second kappa shape index (κ2) is 3.37. The maximum absolute atomic E-state index is 10.6. The van der Waals surface area contributed by atoms with Crippen molar-refractivity contribution in [1.82, 2.24) is 9.97 Å². The Labute approximate surface area is 69.0 Å². The minimum atomic E-state index is -4.18. The van der Waals surface area contributed by atoms with Crippen LogP contribution in [0.25, 0.3) is 0 Å². The first-order chi connectivity index (χ1) is 5.54. The van der Waals surface area contributed by atoms with E-state index in [1.165, 1.54) is 0 Å². The Morgan fingerprint density at radius 3 is 2.75 bits per heavy atom. The molecule has 0 aliphatic rings. The Morgan fingerprint density at radius 1 is 1.67 bits per heavy atom. The van der Waals surface area contributed by atoms with E-state index in [0.717, 1.165) is 6.20 Å². The predicted octanol–water partition coefficient (Wildman–Crippen LogP) is -1.29. The molecular formula is C5H10N3O3P. The van der Waals surface area contributed by atoms with Gasteiger partial charge in [0, 0.05) is 6.42 Å². The first-order valence-electron chi connectivity index (χ1n) is 3.34. The van der Waals surface area contributed by atoms with Crippen molar-refractivity contribution in [3.05, 3.63) is 12.0 Å². The van der Waals surface area contributed by atoms with Crippen LogP contribution < -0.4 is 11.2 Å². The largest absolute Gasteiger partial charge is 0.373 e. The zero-order valence-electron chi connectivity index (χ0n) is 6.27. The molecule has 0 unspecified atom stereocenters. The van der Waals surface area contributed by atoms with E-state index < -0.39 is 7.60 Å². The fourth-order valence-corrected chi connectivity index (χ4v) is 1.25. The van der Waals surface area contributed by atoms with Crippen molar-refractivity contribution in [2.24, 2.45) is 5.73 Å². The molecule has 0 amide bonds. The summed E-state index contributed by atoms with van der Waals surface area (Å²) in [4.78, 5) is 23.6. The number of nitrogens with zero attached hydrogens (tertiary/aromatic N) is 1. The highest BCUT2D eigenvalue weighted by molar-refractivity contribution is 7.60. The van der Waals surface area contributed by atoms with E-state index in [0.29, 0.717) is 18.8 Å². The topological polar surface area (TPSA) is 112 Å². The van der Waals surface area contributed by atoms with E-state index in [9.17, 15) is 4.57 Å². The quantitative estimate of drug-likeness (QED) is 0.444. The molecule has 1 aromatic heterocycles. The Balaban J connectivity index is 2.85. The summed E-state index contributed by atoms with van der Waals surface area (Å²) >= 11 is 0. The summed E-state index contributed by atoms with van der Waals surface area (Å²) in [5, 5.41) is 0. The lowest BCUT2D eigenvalue weighted by molar-refractivity contribution is 0.386. The first-order valence-corrected chi connectivity index (χ1v) is 4.95. The van der Waals surface area contributed by atoms with Crippen LogP contribution in [0.2, 0.25) is 0 Å². The monoisotopic (exact) mass is 191 g/mol. The molecule has 7 heteroatoms. The SMILES string of the molecule is NCCc1ncc(P(=O)(O)O)[nH]1. The van der Waals surface area contributed by atoms with Crippen LogP contribution in [-0.4, -0.2) is 26.3 Å². The molecule has 0 aromatic carbocycles. The molecule has 68 valence electrons. The summed E-state index contributed by atoms with van der Waals surface area (Å²) in [6.07, 6.45) is 1.62. The molecule has 5 N–H and O–H groups in total. The zero-order valence-corrected chi connectivity index (χ0v) is 7.16. The summed E-state index contributed by atoms with van der Waals surface area (Å²) in [5.74, 6) is 0.496. The molecule has 0 saturated heterocycles. The van der Waals surface area contributed by atoms with Gasteiger partial charge in [0.15, 0.2) is 0 Å². The van der Waals surface area contributed by atoms with Crippen molar-refractivity contribution in [2.45, 2.75) is 6.42 Å². The smallest absolute Gasteiger partial charge is 0.336 e. The van der Waals surface area contributed by atoms with Crippen molar-refractivity contribution in [3.8, 4) is 0 Å². The number of imidazole rings is 1. The number of nitrogens with one attached hydrogen (secondary N) is 1. The third kappa shape index (κ3) is 2.15. The molecule has 12 heavy (non-hydrogen) atoms. The van der Waals surface area contributed by atoms with Crippen LogP contribution in [0.3, 0.4) is 0 Å². The minimum absolute atomic E-state index is 0.161. The number of nitrogens with two attached hydrogens (primary N) is 1. The van der Waals surface area contributed by atoms with Gasteiger partial charge in [-0.2, -0.15) is 0 Å². The first kappa shape index (κ1) is 9.41. The summed E-state index contributed by atoms with van der Waals surface area (Å²) < 4.78 is 10.6. The number of rotatable bonds is 3. The van der Waals surface area contributed by atoms with Crippen molar-refractivity contribution < 1.29 is 14.4 Å². The summed E-state index contributed by atoms with van der Waals surface area (Å²) in [7, 11) is -4.18. The van der Waals surface area contributed by atoms with E-state index in [1.807, 2.05) is 0 Å². The molecule has 1 heterocycles. The molecule has 0 bridgehead atoms. The standard InChI is InChI=1S/C5H10N3O3P/c6-2-1-4-7-3-5(8-4)12(9,10)11/h3H,1-2,6H2,(H,7,8)(H2,9,10,11). The normalized spacial score (nSPS) is 11.9. The van der Waals surface area contributed by atoms with E-state index >= 15 is 0 Å². The Bertz CT molecular complexity index is 305. The molecule has 1 aromatic rings. The van der Waals surface area contributed by atoms with E-state index in [4.69, 9.17) is 15.5 Å². The molecule has 1 rings (SSSR count). The van der Waals surface area contributed by atoms with Crippen molar-refractivity contribution in [2.75, 3.05) is 6.54 Å². The Kier molecular flexibility index (Phi) is 2.64. The fraction of sp³-hybridized carbons (Fsp3) is 0.400. The molecule has 0 aliphatic carbocycles. The van der Waals surface area contributed by atoms with Gasteiger partial charge >= 0.3 is 7.60 Å². The molecule has 0 fully saturated rings. The zero-order chi connectivity index (χ0) is 9.19. The van der Waals surface area contributed by atoms with Gasteiger partial charge in [-0.05, 0) is 6.54 Å². The average Bonchev–Trinajstić information content (AvgIpc) is 2.35. The highest BCUT2D eigenvalue weighted by atomic mass is 31.2. The highest BCUT2D eigenvalue weighted by Gasteiger charge is 2.19. The predicted molar refractivity (Wildman–Crippen MR) is 43.0 cm³/mol. The molecule has 0 atom stereocenters. The lowest BCUT2D eigenvalue weighted by atomic mass is 10.4. The van der Waals surface area contributed by atoms with Crippen LogP contribution in [0.1, 0.15) is 5.82 Å². The van der Waals surface area contributed by atoms with Crippen LogP contribution >= 0.6 is 7.60 Å². The van der Waals surface area contributed by atoms with Gasteiger partial charge in [0.1, 0.15) is 11.3 Å². The number of aromatic amines is 1. The van der Waals surface area contributed by atoms with Gasteiger partial charge in [-0.3, -0.25) is 4.57 Å². The van der Waals surface area contributed by atoms with Gasteiger partial charge in [0.25, 0.3) is 0 Å². The van der Waals surface area contributed by atoms with Gasteiger partial charge in [0.2, 0.25) is 0 Å². The van der Waals surface area contributed by atoms with Gasteiger partial charge in [0.05, 0.1) is 6.20 Å². The number of hydrogen-bond donors (Lipinski definition) is 4. The highest BCUT2D eigenvalue weighted by Crippen LogP contribution is 2.31. The number of H-pyrrole nitrogens is 1. The second-order valence-corrected chi connectivity index (χ2v) is 3.87. The van der Waals surface area contributed by atoms with Gasteiger partial charge < -0.3 is 20.5 Å². The Morgan fingerprint density at radius 2 is 2.33 bits per heavy atom. The molecule has 0 aliphatic heterocycles. The molecular weight excluding hydrogens is 181 g/mol. The van der Waals surface area contributed by atoms with Crippen molar-refractivity contribution in [1.29, 1.82) is 0 Å². The van der Waals surface area contributed by atoms with Crippen LogP contribution in [-0.2, 0) is 11.0 Å². The lowest BCUT2D eigenvalue weighted by Gasteiger charge is -1.97. The molecule has 0 saturated carbocycles. The van der Waals surface area contributed by atoms with Gasteiger partial charge in [-0.25, -0.2) is 4.98 Å². The van der Waals surface area contributed by atoms with Gasteiger partial charge in [-0.1, -0.05) is 0 Å². The maximum Gasteiger partial charge on any atom is 0.373 e. The van der Waals surface area contributed by atoms with Gasteiger partial charge in [-0.15, -0.1) is 0 Å². The molecule has 0 spiro atoms. The molecule has 0 radical (unpaired) electrons. The van der Waals surface area contributed by atoms with Crippen LogP contribution in [0.15, 0.2) is 6.20 Å². The Hall–Kier alpha value is -0.680. The maximum atomic E-state index is 10.6. The van der Waals surface area contributed by atoms with E-state index in [-0.39, 0.29) is 5.44 Å². The van der Waals surface area contributed by atoms with Crippen LogP contribution in [0, 0.1) is 0 Å². The average molecular weight is 191 g/mol. The summed E-state index contributed by atoms with van der Waals surface area (Å²) in [5.41, 5.74) is 5.06. The van der Waals surface area contributed by atoms with E-state index in [2.05, 4.69) is 9.97 Å². The lowest BCUT2D eigenvalue weighted by Crippen LogP contribution is -2.07. The van der Waals surface area contributed by atoms with E-state index in [1.54, 1.807) is 0 Å². The third-order valence-electron chi connectivity index (χ3n) is 1.31. The minimum Gasteiger partial charge on any atom is -0.336 e. The fourth-order valence-electron chi connectivity index (χ4n) is 0.763. The van der Waals surface area contributed by atoms with Crippen LogP contribution in [0.5, 0.6) is 0 Å². The van der Waals surface area contributed by atoms with Crippen molar-refractivity contribution in [3.63, 3.8) is 0 Å². The van der Waals surface area contributed by atoms with Crippen LogP contribution in [0.4, 0.5) is 0 Å². The molecule has 6 nitrogen and oxygen atoms in total. The number of hydrogen-bond acceptors (Lipinski definition) is 3. The third-order valence-corrected chi connectivity index (χ3v) is 2.16. The summed E-state index contributed by atoms with van der Waals surface area (Å²) in [6.45, 7) is 0.397. The van der Waals surface area contributed by atoms with Crippen molar-refractivity contribution >= 4 is 13.0 Å².